The van der Waals surface area contributed by atoms with Crippen molar-refractivity contribution >= 4 is 51.6 Å². The predicted octanol–water partition coefficient (Wildman–Crippen LogP) is 3.33. The molecule has 1 aliphatic heterocycles. The summed E-state index contributed by atoms with van der Waals surface area (Å²) in [6, 6.07) is 9.47. The maximum atomic E-state index is 6.24. The molecule has 0 radical (unpaired) electrons. The Morgan fingerprint density at radius 3 is 2.50 bits per heavy atom. The number of nitrogens with zero attached hydrogens (tertiary/aromatic N) is 3. The number of benzene rings is 2. The van der Waals surface area contributed by atoms with Crippen LogP contribution in [0.4, 0.5) is 5.69 Å². The van der Waals surface area contributed by atoms with Crippen LogP contribution in [0.25, 0.3) is 10.8 Å². The molecule has 0 bridgehead atoms. The standard InChI is InChI=1S/C15H15Cl2N5/c1-15(2)21-13(18)20-14(19)22(15)9-4-5-10-8(7-9)3-6-11(16)12(10)17/h3-7H,1-2H3,(H4,18,19,20,21). The topological polar surface area (TPSA) is 80.0 Å². The molecular weight excluding hydrogens is 321 g/mol. The van der Waals surface area contributed by atoms with Gasteiger partial charge in [0, 0.05) is 11.1 Å². The molecule has 114 valence electrons. The van der Waals surface area contributed by atoms with E-state index >= 15 is 0 Å². The molecule has 0 aliphatic carbocycles. The first-order valence-corrected chi connectivity index (χ1v) is 7.43. The first kappa shape index (κ1) is 14.9. The summed E-state index contributed by atoms with van der Waals surface area (Å²) >= 11 is 12.3. The second kappa shape index (κ2) is 5.04. The molecule has 22 heavy (non-hydrogen) atoms. The van der Waals surface area contributed by atoms with E-state index in [9.17, 15) is 0 Å². The zero-order valence-electron chi connectivity index (χ0n) is 12.1. The molecule has 0 saturated carbocycles. The van der Waals surface area contributed by atoms with Crippen LogP contribution < -0.4 is 16.4 Å². The fraction of sp³-hybridized carbons (Fsp3) is 0.200. The second-order valence-electron chi connectivity index (χ2n) is 5.54. The number of nitrogens with two attached hydrogens (primary N) is 2. The van der Waals surface area contributed by atoms with Crippen molar-refractivity contribution in [2.45, 2.75) is 19.5 Å². The zero-order chi connectivity index (χ0) is 16.1. The molecule has 4 N–H and O–H groups in total. The molecule has 0 fully saturated rings. The van der Waals surface area contributed by atoms with Gasteiger partial charge in [0.05, 0.1) is 10.0 Å². The third-order valence-corrected chi connectivity index (χ3v) is 4.36. The van der Waals surface area contributed by atoms with Crippen molar-refractivity contribution in [1.82, 2.24) is 0 Å². The summed E-state index contributed by atoms with van der Waals surface area (Å²) in [5.41, 5.74) is 12.0. The van der Waals surface area contributed by atoms with Gasteiger partial charge in [-0.3, -0.25) is 4.90 Å². The monoisotopic (exact) mass is 335 g/mol. The van der Waals surface area contributed by atoms with Crippen LogP contribution in [-0.2, 0) is 0 Å². The van der Waals surface area contributed by atoms with E-state index in [0.717, 1.165) is 16.5 Å². The van der Waals surface area contributed by atoms with E-state index in [1.165, 1.54) is 0 Å². The maximum absolute atomic E-state index is 6.24. The average Bonchev–Trinajstić information content (AvgIpc) is 2.41. The molecule has 2 aromatic carbocycles. The van der Waals surface area contributed by atoms with Crippen LogP contribution in [0, 0.1) is 0 Å². The van der Waals surface area contributed by atoms with E-state index in [1.807, 2.05) is 43.0 Å². The summed E-state index contributed by atoms with van der Waals surface area (Å²) in [6.07, 6.45) is 0. The van der Waals surface area contributed by atoms with Gasteiger partial charge < -0.3 is 11.5 Å². The lowest BCUT2D eigenvalue weighted by Crippen LogP contribution is -2.54. The predicted molar refractivity (Wildman–Crippen MR) is 93.8 cm³/mol. The smallest absolute Gasteiger partial charge is 0.220 e. The molecule has 5 nitrogen and oxygen atoms in total. The number of fused-ring (bicyclic) bond motifs is 1. The largest absolute Gasteiger partial charge is 0.369 e. The van der Waals surface area contributed by atoms with Gasteiger partial charge in [0.15, 0.2) is 0 Å². The van der Waals surface area contributed by atoms with Gasteiger partial charge >= 0.3 is 0 Å². The van der Waals surface area contributed by atoms with Crippen LogP contribution in [0.2, 0.25) is 10.0 Å². The number of rotatable bonds is 1. The number of hydrogen-bond acceptors (Lipinski definition) is 5. The van der Waals surface area contributed by atoms with Crippen molar-refractivity contribution in [2.75, 3.05) is 4.90 Å². The van der Waals surface area contributed by atoms with Crippen molar-refractivity contribution in [3.05, 3.63) is 40.4 Å². The Labute approximate surface area is 138 Å². The normalized spacial score (nSPS) is 17.4. The van der Waals surface area contributed by atoms with Gasteiger partial charge in [-0.05, 0) is 37.4 Å². The highest BCUT2D eigenvalue weighted by molar-refractivity contribution is 6.45. The fourth-order valence-electron chi connectivity index (χ4n) is 2.64. The third kappa shape index (κ3) is 2.36. The molecular formula is C15H15Cl2N5. The first-order valence-electron chi connectivity index (χ1n) is 6.67. The molecule has 0 spiro atoms. The van der Waals surface area contributed by atoms with E-state index in [0.29, 0.717) is 16.0 Å². The van der Waals surface area contributed by atoms with E-state index in [-0.39, 0.29) is 5.96 Å². The summed E-state index contributed by atoms with van der Waals surface area (Å²) in [5.74, 6) is 0.478. The van der Waals surface area contributed by atoms with E-state index in [1.54, 1.807) is 6.07 Å². The van der Waals surface area contributed by atoms with Crippen LogP contribution in [0.1, 0.15) is 13.8 Å². The number of halogens is 2. The quantitative estimate of drug-likeness (QED) is 0.838. The lowest BCUT2D eigenvalue weighted by molar-refractivity contribution is 0.534. The van der Waals surface area contributed by atoms with E-state index in [4.69, 9.17) is 34.7 Å². The third-order valence-electron chi connectivity index (χ3n) is 3.54. The molecule has 1 heterocycles. The lowest BCUT2D eigenvalue weighted by Gasteiger charge is -2.38. The molecule has 0 atom stereocenters. The van der Waals surface area contributed by atoms with Crippen molar-refractivity contribution in [3.8, 4) is 0 Å². The molecule has 7 heteroatoms. The van der Waals surface area contributed by atoms with Gasteiger partial charge in [0.25, 0.3) is 0 Å². The van der Waals surface area contributed by atoms with Gasteiger partial charge in [0.2, 0.25) is 11.9 Å². The molecule has 0 saturated heterocycles. The van der Waals surface area contributed by atoms with Gasteiger partial charge in [-0.25, -0.2) is 4.99 Å². The Bertz CT molecular complexity index is 826. The summed E-state index contributed by atoms with van der Waals surface area (Å²) in [5, 5.41) is 2.90. The Morgan fingerprint density at radius 1 is 1.09 bits per heavy atom. The Balaban J connectivity index is 2.15. The van der Waals surface area contributed by atoms with Crippen LogP contribution in [0.5, 0.6) is 0 Å². The second-order valence-corrected chi connectivity index (χ2v) is 6.32. The highest BCUT2D eigenvalue weighted by Crippen LogP contribution is 2.35. The van der Waals surface area contributed by atoms with Crippen LogP contribution in [0.3, 0.4) is 0 Å². The SMILES string of the molecule is CC1(C)N=C(N)N=C(N)N1c1ccc2c(Cl)c(Cl)ccc2c1. The summed E-state index contributed by atoms with van der Waals surface area (Å²) < 4.78 is 0. The van der Waals surface area contributed by atoms with Crippen molar-refractivity contribution in [3.63, 3.8) is 0 Å². The molecule has 1 aliphatic rings. The first-order chi connectivity index (χ1) is 10.3. The van der Waals surface area contributed by atoms with Gasteiger partial charge in [0.1, 0.15) is 5.66 Å². The highest BCUT2D eigenvalue weighted by atomic mass is 35.5. The number of guanidine groups is 2. The van der Waals surface area contributed by atoms with Crippen LogP contribution in [0.15, 0.2) is 40.3 Å². The lowest BCUT2D eigenvalue weighted by atomic mass is 10.1. The molecule has 0 unspecified atom stereocenters. The molecule has 0 aromatic heterocycles. The summed E-state index contributed by atoms with van der Waals surface area (Å²) in [7, 11) is 0. The Hall–Kier alpha value is -1.98. The maximum Gasteiger partial charge on any atom is 0.220 e. The van der Waals surface area contributed by atoms with Crippen LogP contribution in [-0.4, -0.2) is 17.6 Å². The van der Waals surface area contributed by atoms with E-state index < -0.39 is 5.66 Å². The zero-order valence-corrected chi connectivity index (χ0v) is 13.7. The number of anilines is 1. The van der Waals surface area contributed by atoms with Crippen LogP contribution >= 0.6 is 23.2 Å². The van der Waals surface area contributed by atoms with Crippen molar-refractivity contribution < 1.29 is 0 Å². The van der Waals surface area contributed by atoms with Gasteiger partial charge in [-0.1, -0.05) is 35.3 Å². The average molecular weight is 336 g/mol. The molecule has 3 rings (SSSR count). The molecule has 2 aromatic rings. The minimum Gasteiger partial charge on any atom is -0.369 e. The van der Waals surface area contributed by atoms with Gasteiger partial charge in [-0.15, -0.1) is 0 Å². The molecule has 0 amide bonds. The number of hydrogen-bond donors (Lipinski definition) is 2. The minimum atomic E-state index is -0.625. The van der Waals surface area contributed by atoms with E-state index in [2.05, 4.69) is 9.98 Å². The minimum absolute atomic E-state index is 0.175. The Morgan fingerprint density at radius 2 is 1.82 bits per heavy atom. The van der Waals surface area contributed by atoms with Gasteiger partial charge in [-0.2, -0.15) is 4.99 Å². The highest BCUT2D eigenvalue weighted by Gasteiger charge is 2.33. The Kier molecular flexibility index (Phi) is 3.42. The number of aliphatic imine (C=N–C) groups is 2. The summed E-state index contributed by atoms with van der Waals surface area (Å²) in [4.78, 5) is 10.2. The van der Waals surface area contributed by atoms with Crippen molar-refractivity contribution in [1.29, 1.82) is 0 Å². The van der Waals surface area contributed by atoms with Crippen molar-refractivity contribution in [2.24, 2.45) is 21.5 Å². The summed E-state index contributed by atoms with van der Waals surface area (Å²) in [6.45, 7) is 3.83. The fourth-order valence-corrected chi connectivity index (χ4v) is 3.04.